The molecular formula is C13H21BrClNO2. The van der Waals surface area contributed by atoms with Gasteiger partial charge in [0.25, 0.3) is 0 Å². The highest BCUT2D eigenvalue weighted by atomic mass is 79.9. The maximum atomic E-state index is 5.55. The Morgan fingerprint density at radius 2 is 2.00 bits per heavy atom. The third kappa shape index (κ3) is 5.04. The first-order chi connectivity index (χ1) is 8.08. The van der Waals surface area contributed by atoms with Gasteiger partial charge >= 0.3 is 0 Å². The van der Waals surface area contributed by atoms with Gasteiger partial charge in [-0.05, 0) is 40.5 Å². The molecular weight excluding hydrogens is 318 g/mol. The summed E-state index contributed by atoms with van der Waals surface area (Å²) in [6.07, 6.45) is 0. The minimum Gasteiger partial charge on any atom is -0.493 e. The van der Waals surface area contributed by atoms with E-state index in [-0.39, 0.29) is 12.4 Å². The monoisotopic (exact) mass is 337 g/mol. The molecule has 0 saturated heterocycles. The van der Waals surface area contributed by atoms with Crippen molar-refractivity contribution in [2.45, 2.75) is 33.4 Å². The van der Waals surface area contributed by atoms with Crippen molar-refractivity contribution in [1.82, 2.24) is 5.32 Å². The van der Waals surface area contributed by atoms with E-state index < -0.39 is 0 Å². The summed E-state index contributed by atoms with van der Waals surface area (Å²) < 4.78 is 11.8. The van der Waals surface area contributed by atoms with Gasteiger partial charge in [-0.2, -0.15) is 0 Å². The number of hydrogen-bond donors (Lipinski definition) is 1. The molecule has 0 atom stereocenters. The van der Waals surface area contributed by atoms with Gasteiger partial charge in [-0.25, -0.2) is 0 Å². The number of methoxy groups -OCH3 is 1. The Morgan fingerprint density at radius 1 is 1.33 bits per heavy atom. The van der Waals surface area contributed by atoms with Crippen LogP contribution in [-0.4, -0.2) is 19.8 Å². The van der Waals surface area contributed by atoms with Crippen LogP contribution in [0.4, 0.5) is 0 Å². The predicted octanol–water partition coefficient (Wildman–Crippen LogP) is 3.78. The fraction of sp³-hybridized carbons (Fsp3) is 0.538. The number of benzene rings is 1. The van der Waals surface area contributed by atoms with Crippen LogP contribution in [0.25, 0.3) is 0 Å². The summed E-state index contributed by atoms with van der Waals surface area (Å²) >= 11 is 3.51. The van der Waals surface area contributed by atoms with E-state index in [4.69, 9.17) is 9.47 Å². The lowest BCUT2D eigenvalue weighted by atomic mass is 10.2. The summed E-state index contributed by atoms with van der Waals surface area (Å²) in [6.45, 7) is 7.65. The molecule has 18 heavy (non-hydrogen) atoms. The average molecular weight is 339 g/mol. The zero-order chi connectivity index (χ0) is 12.8. The minimum absolute atomic E-state index is 0. The van der Waals surface area contributed by atoms with E-state index in [1.807, 2.05) is 13.0 Å². The Balaban J connectivity index is 0.00000289. The first-order valence-corrected chi connectivity index (χ1v) is 6.60. The summed E-state index contributed by atoms with van der Waals surface area (Å²) in [5.74, 6) is 1.53. The van der Waals surface area contributed by atoms with Crippen molar-refractivity contribution in [3.8, 4) is 11.5 Å². The molecule has 0 aliphatic heterocycles. The number of ether oxygens (including phenoxy) is 2. The topological polar surface area (TPSA) is 30.5 Å². The van der Waals surface area contributed by atoms with Crippen LogP contribution >= 0.6 is 28.3 Å². The SMILES string of the molecule is CCOc1c(Br)cc(CNC(C)C)cc1OC.Cl. The molecule has 0 spiro atoms. The van der Waals surface area contributed by atoms with E-state index >= 15 is 0 Å². The Labute approximate surface area is 124 Å². The molecule has 0 amide bonds. The van der Waals surface area contributed by atoms with Gasteiger partial charge in [-0.1, -0.05) is 13.8 Å². The normalized spacial score (nSPS) is 10.1. The fourth-order valence-electron chi connectivity index (χ4n) is 1.48. The molecule has 104 valence electrons. The molecule has 0 aliphatic carbocycles. The number of rotatable bonds is 6. The van der Waals surface area contributed by atoms with Crippen LogP contribution in [0.15, 0.2) is 16.6 Å². The van der Waals surface area contributed by atoms with E-state index in [0.29, 0.717) is 12.6 Å². The smallest absolute Gasteiger partial charge is 0.175 e. The third-order valence-corrected chi connectivity index (χ3v) is 2.88. The number of hydrogen-bond acceptors (Lipinski definition) is 3. The minimum atomic E-state index is 0. The van der Waals surface area contributed by atoms with Gasteiger partial charge in [0.05, 0.1) is 18.2 Å². The Hall–Kier alpha value is -0.450. The van der Waals surface area contributed by atoms with Gasteiger partial charge in [-0.15, -0.1) is 12.4 Å². The van der Waals surface area contributed by atoms with Crippen molar-refractivity contribution in [1.29, 1.82) is 0 Å². The molecule has 1 aromatic carbocycles. The van der Waals surface area contributed by atoms with E-state index in [1.165, 1.54) is 5.56 Å². The van der Waals surface area contributed by atoms with Crippen molar-refractivity contribution in [3.05, 3.63) is 22.2 Å². The number of halogens is 2. The van der Waals surface area contributed by atoms with Crippen LogP contribution in [0, 0.1) is 0 Å². The van der Waals surface area contributed by atoms with Crippen LogP contribution in [0.2, 0.25) is 0 Å². The molecule has 0 aromatic heterocycles. The summed E-state index contributed by atoms with van der Waals surface area (Å²) in [7, 11) is 1.66. The fourth-order valence-corrected chi connectivity index (χ4v) is 2.09. The maximum absolute atomic E-state index is 5.55. The van der Waals surface area contributed by atoms with Gasteiger partial charge in [0.1, 0.15) is 0 Å². The second-order valence-electron chi connectivity index (χ2n) is 4.08. The third-order valence-electron chi connectivity index (χ3n) is 2.29. The Morgan fingerprint density at radius 3 is 2.50 bits per heavy atom. The zero-order valence-corrected chi connectivity index (χ0v) is 13.7. The standard InChI is InChI=1S/C13H20BrNO2.ClH/c1-5-17-13-11(14)6-10(7-12(13)16-4)8-15-9(2)3;/h6-7,9,15H,5,8H2,1-4H3;1H. The van der Waals surface area contributed by atoms with Crippen LogP contribution in [0.3, 0.4) is 0 Å². The molecule has 0 heterocycles. The highest BCUT2D eigenvalue weighted by Crippen LogP contribution is 2.36. The van der Waals surface area contributed by atoms with Crippen molar-refractivity contribution < 1.29 is 9.47 Å². The van der Waals surface area contributed by atoms with Crippen LogP contribution in [-0.2, 0) is 6.54 Å². The van der Waals surface area contributed by atoms with Gasteiger partial charge in [0.2, 0.25) is 0 Å². The van der Waals surface area contributed by atoms with Gasteiger partial charge in [0, 0.05) is 12.6 Å². The molecule has 1 rings (SSSR count). The lowest BCUT2D eigenvalue weighted by molar-refractivity contribution is 0.308. The summed E-state index contributed by atoms with van der Waals surface area (Å²) in [5, 5.41) is 3.37. The van der Waals surface area contributed by atoms with Crippen LogP contribution in [0.1, 0.15) is 26.3 Å². The lowest BCUT2D eigenvalue weighted by Gasteiger charge is -2.14. The lowest BCUT2D eigenvalue weighted by Crippen LogP contribution is -2.21. The van der Waals surface area contributed by atoms with E-state index in [9.17, 15) is 0 Å². The first-order valence-electron chi connectivity index (χ1n) is 5.81. The molecule has 1 N–H and O–H groups in total. The zero-order valence-electron chi connectivity index (χ0n) is 11.2. The molecule has 1 aromatic rings. The maximum Gasteiger partial charge on any atom is 0.175 e. The van der Waals surface area contributed by atoms with Crippen molar-refractivity contribution in [2.75, 3.05) is 13.7 Å². The largest absolute Gasteiger partial charge is 0.493 e. The van der Waals surface area contributed by atoms with E-state index in [0.717, 1.165) is 22.5 Å². The summed E-state index contributed by atoms with van der Waals surface area (Å²) in [6, 6.07) is 4.53. The second kappa shape index (κ2) is 8.62. The molecule has 0 unspecified atom stereocenters. The van der Waals surface area contributed by atoms with Gasteiger partial charge in [0.15, 0.2) is 11.5 Å². The highest BCUT2D eigenvalue weighted by Gasteiger charge is 2.11. The van der Waals surface area contributed by atoms with Gasteiger partial charge in [-0.3, -0.25) is 0 Å². The van der Waals surface area contributed by atoms with Gasteiger partial charge < -0.3 is 14.8 Å². The average Bonchev–Trinajstić information content (AvgIpc) is 2.29. The molecule has 0 bridgehead atoms. The van der Waals surface area contributed by atoms with Crippen LogP contribution in [0.5, 0.6) is 11.5 Å². The second-order valence-corrected chi connectivity index (χ2v) is 4.93. The summed E-state index contributed by atoms with van der Waals surface area (Å²) in [5.41, 5.74) is 1.17. The number of nitrogens with one attached hydrogen (secondary N) is 1. The Bertz CT molecular complexity index is 372. The molecule has 0 fully saturated rings. The molecule has 0 aliphatic rings. The predicted molar refractivity (Wildman–Crippen MR) is 81.1 cm³/mol. The Kier molecular flexibility index (Phi) is 8.40. The molecule has 5 heteroatoms. The molecule has 3 nitrogen and oxygen atoms in total. The first kappa shape index (κ1) is 17.6. The summed E-state index contributed by atoms with van der Waals surface area (Å²) in [4.78, 5) is 0. The highest BCUT2D eigenvalue weighted by molar-refractivity contribution is 9.10. The van der Waals surface area contributed by atoms with E-state index in [2.05, 4.69) is 41.2 Å². The van der Waals surface area contributed by atoms with Crippen molar-refractivity contribution >= 4 is 28.3 Å². The van der Waals surface area contributed by atoms with Crippen molar-refractivity contribution in [2.24, 2.45) is 0 Å². The van der Waals surface area contributed by atoms with E-state index in [1.54, 1.807) is 7.11 Å². The van der Waals surface area contributed by atoms with Crippen LogP contribution < -0.4 is 14.8 Å². The molecule has 0 radical (unpaired) electrons. The van der Waals surface area contributed by atoms with Crippen molar-refractivity contribution in [3.63, 3.8) is 0 Å². The molecule has 0 saturated carbocycles. The quantitative estimate of drug-likeness (QED) is 0.856.